The van der Waals surface area contributed by atoms with Crippen LogP contribution in [0.15, 0.2) is 59.0 Å². The zero-order valence-corrected chi connectivity index (χ0v) is 17.2. The number of ether oxygens (including phenoxy) is 1. The Morgan fingerprint density at radius 3 is 2.63 bits per heavy atom. The second kappa shape index (κ2) is 7.78. The third kappa shape index (κ3) is 3.49. The van der Waals surface area contributed by atoms with Gasteiger partial charge in [0.15, 0.2) is 11.6 Å². The van der Waals surface area contributed by atoms with E-state index in [-0.39, 0.29) is 0 Å². The van der Waals surface area contributed by atoms with E-state index in [1.54, 1.807) is 7.11 Å². The molecule has 0 bridgehead atoms. The highest BCUT2D eigenvalue weighted by Gasteiger charge is 2.24. The maximum absolute atomic E-state index is 6.21. The zero-order valence-electron chi connectivity index (χ0n) is 17.2. The first kappa shape index (κ1) is 18.6. The SMILES string of the molecule is COc1cccc(-c2nc(N3CCC[C@H](C)C3)c3oc(-c4ccccc4)nc3n2)c1. The fourth-order valence-electron chi connectivity index (χ4n) is 4.00. The average Bonchev–Trinajstić information content (AvgIpc) is 3.23. The third-order valence-electron chi connectivity index (χ3n) is 5.54. The monoisotopic (exact) mass is 400 g/mol. The first-order valence-electron chi connectivity index (χ1n) is 10.3. The predicted molar refractivity (Wildman–Crippen MR) is 118 cm³/mol. The molecular weight excluding hydrogens is 376 g/mol. The van der Waals surface area contributed by atoms with Gasteiger partial charge in [-0.1, -0.05) is 37.3 Å². The smallest absolute Gasteiger partial charge is 0.229 e. The van der Waals surface area contributed by atoms with Gasteiger partial charge in [0, 0.05) is 24.2 Å². The maximum Gasteiger partial charge on any atom is 0.229 e. The summed E-state index contributed by atoms with van der Waals surface area (Å²) < 4.78 is 11.6. The number of rotatable bonds is 4. The molecule has 0 radical (unpaired) electrons. The second-order valence-corrected chi connectivity index (χ2v) is 7.83. The number of nitrogens with zero attached hydrogens (tertiary/aromatic N) is 4. The largest absolute Gasteiger partial charge is 0.497 e. The molecular formula is C24H24N4O2. The van der Waals surface area contributed by atoms with Crippen LogP contribution in [0.25, 0.3) is 34.1 Å². The summed E-state index contributed by atoms with van der Waals surface area (Å²) in [7, 11) is 1.66. The standard InChI is InChI=1S/C24H24N4O2/c1-16-8-7-13-28(15-16)23-20-22(27-24(30-20)17-9-4-3-5-10-17)25-21(26-23)18-11-6-12-19(14-18)29-2/h3-6,9-12,14,16H,7-8,13,15H2,1-2H3/t16-/m0/s1. The summed E-state index contributed by atoms with van der Waals surface area (Å²) in [5.74, 6) is 3.39. The third-order valence-corrected chi connectivity index (χ3v) is 5.54. The first-order valence-corrected chi connectivity index (χ1v) is 10.3. The lowest BCUT2D eigenvalue weighted by Gasteiger charge is -2.31. The molecule has 2 aromatic heterocycles. The van der Waals surface area contributed by atoms with Gasteiger partial charge in [-0.15, -0.1) is 0 Å². The highest BCUT2D eigenvalue weighted by atomic mass is 16.5. The van der Waals surface area contributed by atoms with Crippen LogP contribution in [0.2, 0.25) is 0 Å². The minimum absolute atomic E-state index is 0.564. The molecule has 4 aromatic rings. The van der Waals surface area contributed by atoms with E-state index < -0.39 is 0 Å². The van der Waals surface area contributed by atoms with Gasteiger partial charge in [-0.2, -0.15) is 4.98 Å². The molecule has 5 rings (SSSR count). The van der Waals surface area contributed by atoms with Crippen molar-refractivity contribution >= 4 is 17.0 Å². The van der Waals surface area contributed by atoms with Crippen molar-refractivity contribution in [1.82, 2.24) is 15.0 Å². The van der Waals surface area contributed by atoms with Gasteiger partial charge in [0.05, 0.1) is 7.11 Å². The minimum Gasteiger partial charge on any atom is -0.497 e. The van der Waals surface area contributed by atoms with Gasteiger partial charge in [-0.3, -0.25) is 0 Å². The van der Waals surface area contributed by atoms with Crippen LogP contribution >= 0.6 is 0 Å². The lowest BCUT2D eigenvalue weighted by molar-refractivity contribution is 0.415. The van der Waals surface area contributed by atoms with E-state index in [0.29, 0.717) is 28.9 Å². The number of hydrogen-bond donors (Lipinski definition) is 0. The first-order chi connectivity index (χ1) is 14.7. The molecule has 1 aliphatic heterocycles. The van der Waals surface area contributed by atoms with E-state index in [2.05, 4.69) is 11.8 Å². The van der Waals surface area contributed by atoms with Crippen molar-refractivity contribution < 1.29 is 9.15 Å². The Balaban J connectivity index is 1.68. The Morgan fingerprint density at radius 1 is 1.00 bits per heavy atom. The van der Waals surface area contributed by atoms with Crippen LogP contribution in [0.1, 0.15) is 19.8 Å². The van der Waals surface area contributed by atoms with Gasteiger partial charge < -0.3 is 14.1 Å². The molecule has 2 aromatic carbocycles. The van der Waals surface area contributed by atoms with Crippen LogP contribution in [0.3, 0.4) is 0 Å². The van der Waals surface area contributed by atoms with Crippen LogP contribution in [-0.4, -0.2) is 35.2 Å². The fraction of sp³-hybridized carbons (Fsp3) is 0.292. The number of benzene rings is 2. The molecule has 0 unspecified atom stereocenters. The molecule has 1 fully saturated rings. The van der Waals surface area contributed by atoms with Crippen molar-refractivity contribution in [3.05, 3.63) is 54.6 Å². The number of fused-ring (bicyclic) bond motifs is 1. The van der Waals surface area contributed by atoms with Crippen molar-refractivity contribution in [2.24, 2.45) is 5.92 Å². The fourth-order valence-corrected chi connectivity index (χ4v) is 4.00. The van der Waals surface area contributed by atoms with Crippen LogP contribution in [0, 0.1) is 5.92 Å². The molecule has 6 nitrogen and oxygen atoms in total. The van der Waals surface area contributed by atoms with Crippen LogP contribution < -0.4 is 9.64 Å². The van der Waals surface area contributed by atoms with E-state index in [1.807, 2.05) is 54.6 Å². The number of piperidine rings is 1. The van der Waals surface area contributed by atoms with Crippen molar-refractivity contribution in [1.29, 1.82) is 0 Å². The van der Waals surface area contributed by atoms with Gasteiger partial charge in [0.1, 0.15) is 5.75 Å². The Bertz CT molecular complexity index is 1170. The van der Waals surface area contributed by atoms with Crippen molar-refractivity contribution in [3.63, 3.8) is 0 Å². The Hall–Kier alpha value is -3.41. The van der Waals surface area contributed by atoms with E-state index in [0.717, 1.165) is 42.2 Å². The van der Waals surface area contributed by atoms with Crippen LogP contribution in [0.4, 0.5) is 5.82 Å². The predicted octanol–water partition coefficient (Wildman–Crippen LogP) is 5.20. The van der Waals surface area contributed by atoms with Crippen LogP contribution in [0.5, 0.6) is 5.75 Å². The molecule has 1 saturated heterocycles. The molecule has 0 N–H and O–H groups in total. The van der Waals surface area contributed by atoms with E-state index in [4.69, 9.17) is 24.1 Å². The highest BCUT2D eigenvalue weighted by molar-refractivity contribution is 5.85. The average molecular weight is 400 g/mol. The molecule has 0 aliphatic carbocycles. The van der Waals surface area contributed by atoms with E-state index in [1.165, 1.54) is 6.42 Å². The molecule has 1 atom stereocenters. The van der Waals surface area contributed by atoms with Gasteiger partial charge in [0.2, 0.25) is 17.1 Å². The van der Waals surface area contributed by atoms with Crippen molar-refractivity contribution in [2.45, 2.75) is 19.8 Å². The Morgan fingerprint density at radius 2 is 1.83 bits per heavy atom. The quantitative estimate of drug-likeness (QED) is 0.469. The summed E-state index contributed by atoms with van der Waals surface area (Å²) in [6.07, 6.45) is 2.37. The molecule has 1 aliphatic rings. The Kier molecular flexibility index (Phi) is 4.83. The summed E-state index contributed by atoms with van der Waals surface area (Å²) in [6, 6.07) is 17.7. The molecule has 0 saturated carbocycles. The van der Waals surface area contributed by atoms with Gasteiger partial charge in [-0.05, 0) is 43.0 Å². The molecule has 0 amide bonds. The van der Waals surface area contributed by atoms with Gasteiger partial charge >= 0.3 is 0 Å². The summed E-state index contributed by atoms with van der Waals surface area (Å²) in [6.45, 7) is 4.18. The Labute approximate surface area is 175 Å². The van der Waals surface area contributed by atoms with E-state index >= 15 is 0 Å². The summed E-state index contributed by atoms with van der Waals surface area (Å²) in [5.41, 5.74) is 3.05. The molecule has 30 heavy (non-hydrogen) atoms. The molecule has 0 spiro atoms. The number of oxazole rings is 1. The van der Waals surface area contributed by atoms with Crippen molar-refractivity contribution in [2.75, 3.05) is 25.1 Å². The van der Waals surface area contributed by atoms with Crippen LogP contribution in [-0.2, 0) is 0 Å². The number of hydrogen-bond acceptors (Lipinski definition) is 6. The number of anilines is 1. The lowest BCUT2D eigenvalue weighted by Crippen LogP contribution is -2.35. The zero-order chi connectivity index (χ0) is 20.5. The summed E-state index contributed by atoms with van der Waals surface area (Å²) in [5, 5.41) is 0. The lowest BCUT2D eigenvalue weighted by atomic mass is 10.0. The molecule has 152 valence electrons. The maximum atomic E-state index is 6.21. The van der Waals surface area contributed by atoms with Gasteiger partial charge in [0.25, 0.3) is 0 Å². The molecule has 6 heteroatoms. The van der Waals surface area contributed by atoms with E-state index in [9.17, 15) is 0 Å². The summed E-state index contributed by atoms with van der Waals surface area (Å²) in [4.78, 5) is 16.7. The topological polar surface area (TPSA) is 64.3 Å². The number of aromatic nitrogens is 3. The van der Waals surface area contributed by atoms with Crippen molar-refractivity contribution in [3.8, 4) is 28.6 Å². The highest BCUT2D eigenvalue weighted by Crippen LogP contribution is 2.34. The van der Waals surface area contributed by atoms with Gasteiger partial charge in [-0.25, -0.2) is 9.97 Å². The number of methoxy groups -OCH3 is 1. The minimum atomic E-state index is 0.564. The second-order valence-electron chi connectivity index (χ2n) is 7.83. The molecule has 3 heterocycles. The normalized spacial score (nSPS) is 16.7. The summed E-state index contributed by atoms with van der Waals surface area (Å²) >= 11 is 0.